The fourth-order valence-corrected chi connectivity index (χ4v) is 1.15. The van der Waals surface area contributed by atoms with Crippen LogP contribution in [-0.2, 0) is 4.79 Å². The van der Waals surface area contributed by atoms with Gasteiger partial charge >= 0.3 is 0 Å². The number of rotatable bonds is 1. The molecule has 0 atom stereocenters. The second kappa shape index (κ2) is 2.41. The van der Waals surface area contributed by atoms with Gasteiger partial charge < -0.3 is 5.73 Å². The Morgan fingerprint density at radius 2 is 2.42 bits per heavy atom. The van der Waals surface area contributed by atoms with Gasteiger partial charge in [-0.1, -0.05) is 0 Å². The molecule has 0 aromatic heterocycles. The molecule has 0 radical (unpaired) electrons. The van der Waals surface area contributed by atoms with Crippen molar-refractivity contribution in [2.24, 2.45) is 15.7 Å². The van der Waals surface area contributed by atoms with E-state index in [9.17, 15) is 4.79 Å². The van der Waals surface area contributed by atoms with E-state index in [0.717, 1.165) is 5.57 Å². The predicted molar refractivity (Wildman–Crippen MR) is 45.9 cm³/mol. The van der Waals surface area contributed by atoms with E-state index in [2.05, 4.69) is 9.98 Å². The molecule has 2 aliphatic heterocycles. The van der Waals surface area contributed by atoms with Crippen molar-refractivity contribution in [3.63, 3.8) is 0 Å². The van der Waals surface area contributed by atoms with E-state index in [0.29, 0.717) is 17.8 Å². The summed E-state index contributed by atoms with van der Waals surface area (Å²) >= 11 is 0. The van der Waals surface area contributed by atoms with Crippen LogP contribution in [0.4, 0.5) is 0 Å². The number of hydrogen-bond donors (Lipinski definition) is 1. The molecule has 4 nitrogen and oxygen atoms in total. The van der Waals surface area contributed by atoms with Gasteiger partial charge in [0.1, 0.15) is 0 Å². The van der Waals surface area contributed by atoms with Crippen LogP contribution in [-0.4, -0.2) is 18.0 Å². The summed E-state index contributed by atoms with van der Waals surface area (Å²) in [7, 11) is 0. The molecule has 1 amide bonds. The molecule has 2 N–H and O–H groups in total. The number of nitrogens with two attached hydrogens (primary N) is 1. The molecule has 2 rings (SSSR count). The highest BCUT2D eigenvalue weighted by molar-refractivity contribution is 6.13. The number of carbonyl (C=O) groups is 1. The van der Waals surface area contributed by atoms with Crippen LogP contribution < -0.4 is 5.73 Å². The molecular formula is C8H7N3O. The van der Waals surface area contributed by atoms with E-state index >= 15 is 0 Å². The first-order valence-electron chi connectivity index (χ1n) is 3.57. The van der Waals surface area contributed by atoms with Crippen molar-refractivity contribution in [2.45, 2.75) is 6.42 Å². The maximum Gasteiger partial charge on any atom is 0.246 e. The van der Waals surface area contributed by atoms with E-state index in [1.165, 1.54) is 6.20 Å². The van der Waals surface area contributed by atoms with E-state index in [-0.39, 0.29) is 0 Å². The largest absolute Gasteiger partial charge is 0.366 e. The van der Waals surface area contributed by atoms with Gasteiger partial charge in [0.05, 0.1) is 0 Å². The molecule has 0 saturated carbocycles. The Bertz CT molecular complexity index is 360. The number of nitrogens with zero attached hydrogens (tertiary/aromatic N) is 2. The summed E-state index contributed by atoms with van der Waals surface area (Å²) in [5.74, 6) is 0.283. The van der Waals surface area contributed by atoms with Gasteiger partial charge in [0.25, 0.3) is 0 Å². The van der Waals surface area contributed by atoms with Gasteiger partial charge in [-0.15, -0.1) is 0 Å². The fourth-order valence-electron chi connectivity index (χ4n) is 1.15. The molecule has 4 heteroatoms. The van der Waals surface area contributed by atoms with Crippen LogP contribution in [0.5, 0.6) is 0 Å². The third-order valence-corrected chi connectivity index (χ3v) is 1.80. The molecule has 0 fully saturated rings. The highest BCUT2D eigenvalue weighted by Gasteiger charge is 2.18. The Labute approximate surface area is 69.2 Å². The Morgan fingerprint density at radius 3 is 3.17 bits per heavy atom. The average Bonchev–Trinajstić information content (AvgIpc) is 2.49. The van der Waals surface area contributed by atoms with Gasteiger partial charge in [-0.3, -0.25) is 4.79 Å². The molecular weight excluding hydrogens is 154 g/mol. The SMILES string of the molecule is NC(=O)C1=CN=C2N=CC=C2C1. The van der Waals surface area contributed by atoms with Crippen molar-refractivity contribution in [3.8, 4) is 0 Å². The smallest absolute Gasteiger partial charge is 0.246 e. The third kappa shape index (κ3) is 0.972. The summed E-state index contributed by atoms with van der Waals surface area (Å²) in [6.45, 7) is 0. The van der Waals surface area contributed by atoms with E-state index in [1.54, 1.807) is 6.21 Å². The number of aliphatic imine (C=N–C) groups is 2. The van der Waals surface area contributed by atoms with Gasteiger partial charge in [0.2, 0.25) is 5.91 Å². The Kier molecular flexibility index (Phi) is 1.40. The normalized spacial score (nSPS) is 19.5. The summed E-state index contributed by atoms with van der Waals surface area (Å²) in [5.41, 5.74) is 6.61. The highest BCUT2D eigenvalue weighted by Crippen LogP contribution is 2.20. The van der Waals surface area contributed by atoms with Gasteiger partial charge in [-0.05, 0) is 6.08 Å². The summed E-state index contributed by atoms with van der Waals surface area (Å²) in [6, 6.07) is 0. The van der Waals surface area contributed by atoms with Crippen LogP contribution in [0.15, 0.2) is 33.4 Å². The van der Waals surface area contributed by atoms with Crippen molar-refractivity contribution >= 4 is 18.0 Å². The van der Waals surface area contributed by atoms with Crippen LogP contribution in [0.3, 0.4) is 0 Å². The Balaban J connectivity index is 2.33. The molecule has 0 aromatic carbocycles. The third-order valence-electron chi connectivity index (χ3n) is 1.80. The van der Waals surface area contributed by atoms with Crippen LogP contribution in [0.25, 0.3) is 0 Å². The standard InChI is InChI=1S/C8H7N3O/c9-7(12)6-3-5-1-2-10-8(5)11-4-6/h1-2,4H,3H2,(H2,9,12). The number of carbonyl (C=O) groups excluding carboxylic acids is 1. The van der Waals surface area contributed by atoms with Crippen LogP contribution in [0.1, 0.15) is 6.42 Å². The first-order valence-corrected chi connectivity index (χ1v) is 3.57. The maximum absolute atomic E-state index is 10.8. The first kappa shape index (κ1) is 6.97. The quantitative estimate of drug-likeness (QED) is 0.585. The number of fused-ring (bicyclic) bond motifs is 1. The molecule has 0 aliphatic carbocycles. The second-order valence-electron chi connectivity index (χ2n) is 2.62. The molecule has 60 valence electrons. The van der Waals surface area contributed by atoms with E-state index in [1.807, 2.05) is 6.08 Å². The van der Waals surface area contributed by atoms with Crippen molar-refractivity contribution in [1.82, 2.24) is 0 Å². The lowest BCUT2D eigenvalue weighted by Gasteiger charge is -2.08. The molecule has 0 saturated heterocycles. The minimum absolute atomic E-state index is 0.411. The Hall–Kier alpha value is -1.71. The summed E-state index contributed by atoms with van der Waals surface area (Å²) < 4.78 is 0. The second-order valence-corrected chi connectivity index (χ2v) is 2.62. The minimum atomic E-state index is -0.411. The van der Waals surface area contributed by atoms with Gasteiger partial charge in [-0.25, -0.2) is 9.98 Å². The summed E-state index contributed by atoms with van der Waals surface area (Å²) in [6.07, 6.45) is 5.55. The monoisotopic (exact) mass is 161 g/mol. The average molecular weight is 161 g/mol. The van der Waals surface area contributed by atoms with Crippen molar-refractivity contribution < 1.29 is 4.79 Å². The number of primary amides is 1. The summed E-state index contributed by atoms with van der Waals surface area (Å²) in [5, 5.41) is 0. The van der Waals surface area contributed by atoms with Crippen LogP contribution >= 0.6 is 0 Å². The first-order chi connectivity index (χ1) is 5.77. The lowest BCUT2D eigenvalue weighted by Crippen LogP contribution is -2.17. The molecule has 2 aliphatic rings. The zero-order valence-electron chi connectivity index (χ0n) is 6.32. The van der Waals surface area contributed by atoms with Crippen LogP contribution in [0, 0.1) is 0 Å². The van der Waals surface area contributed by atoms with Gasteiger partial charge in [0.15, 0.2) is 5.84 Å². The Morgan fingerprint density at radius 1 is 1.58 bits per heavy atom. The van der Waals surface area contributed by atoms with Crippen molar-refractivity contribution in [2.75, 3.05) is 0 Å². The minimum Gasteiger partial charge on any atom is -0.366 e. The molecule has 0 spiro atoms. The topological polar surface area (TPSA) is 67.8 Å². The molecule has 0 aromatic rings. The number of amides is 1. The molecule has 0 bridgehead atoms. The van der Waals surface area contributed by atoms with Gasteiger partial charge in [0, 0.05) is 30.0 Å². The van der Waals surface area contributed by atoms with Crippen LogP contribution in [0.2, 0.25) is 0 Å². The molecule has 12 heavy (non-hydrogen) atoms. The number of allylic oxidation sites excluding steroid dienone is 1. The maximum atomic E-state index is 10.8. The molecule has 0 unspecified atom stereocenters. The zero-order valence-corrected chi connectivity index (χ0v) is 6.32. The fraction of sp³-hybridized carbons (Fsp3) is 0.125. The van der Waals surface area contributed by atoms with Crippen molar-refractivity contribution in [3.05, 3.63) is 23.4 Å². The lowest BCUT2D eigenvalue weighted by atomic mass is 10.0. The lowest BCUT2D eigenvalue weighted by molar-refractivity contribution is -0.114. The number of amidine groups is 1. The van der Waals surface area contributed by atoms with E-state index in [4.69, 9.17) is 5.73 Å². The predicted octanol–water partition coefficient (Wildman–Crippen LogP) is 0.169. The van der Waals surface area contributed by atoms with Crippen molar-refractivity contribution in [1.29, 1.82) is 0 Å². The number of hydrogen-bond acceptors (Lipinski definition) is 3. The van der Waals surface area contributed by atoms with Gasteiger partial charge in [-0.2, -0.15) is 0 Å². The summed E-state index contributed by atoms with van der Waals surface area (Å²) in [4.78, 5) is 18.7. The van der Waals surface area contributed by atoms with E-state index < -0.39 is 5.91 Å². The molecule has 2 heterocycles. The zero-order chi connectivity index (χ0) is 8.55. The highest BCUT2D eigenvalue weighted by atomic mass is 16.1.